The van der Waals surface area contributed by atoms with E-state index in [1.807, 2.05) is 26.0 Å². The fraction of sp³-hybridized carbons (Fsp3) is 0.500. The molecule has 0 aromatic rings. The van der Waals surface area contributed by atoms with Crippen molar-refractivity contribution in [3.05, 3.63) is 12.2 Å². The molecule has 0 rings (SSSR count). The summed E-state index contributed by atoms with van der Waals surface area (Å²) in [6.07, 6.45) is 4.00. The van der Waals surface area contributed by atoms with Crippen LogP contribution in [0.2, 0.25) is 0 Å². The highest BCUT2D eigenvalue weighted by Gasteiger charge is 1.82. The molecule has 9 heavy (non-hydrogen) atoms. The molecule has 0 aromatic carbocycles. The van der Waals surface area contributed by atoms with Crippen molar-refractivity contribution in [2.24, 2.45) is 0 Å². The Morgan fingerprint density at radius 3 is 1.67 bits per heavy atom. The largest absolute Gasteiger partial charge is 0.480 e. The third kappa shape index (κ3) is 40.7. The van der Waals surface area contributed by atoms with Crippen molar-refractivity contribution in [2.45, 2.75) is 13.8 Å². The predicted molar refractivity (Wildman–Crippen MR) is 35.2 cm³/mol. The normalized spacial score (nSPS) is 8.33. The number of allylic oxidation sites excluding steroid dienone is 2. The van der Waals surface area contributed by atoms with Crippen molar-refractivity contribution in [3.8, 4) is 0 Å². The maximum absolute atomic E-state index is 9.12. The topological polar surface area (TPSA) is 57.5 Å². The molecule has 0 bridgehead atoms. The maximum atomic E-state index is 9.12. The summed E-state index contributed by atoms with van der Waals surface area (Å²) in [6.45, 7) is 3.22. The van der Waals surface area contributed by atoms with Crippen molar-refractivity contribution in [1.82, 2.24) is 0 Å². The summed E-state index contributed by atoms with van der Waals surface area (Å²) >= 11 is 0. The van der Waals surface area contributed by atoms with Crippen molar-refractivity contribution < 1.29 is 15.0 Å². The van der Waals surface area contributed by atoms with Gasteiger partial charge < -0.3 is 10.2 Å². The number of carboxylic acid groups (broad SMARTS) is 1. The molecule has 0 saturated heterocycles. The molecule has 0 aliphatic rings. The number of hydrogen-bond donors (Lipinski definition) is 2. The molecule has 2 N–H and O–H groups in total. The van der Waals surface area contributed by atoms with Gasteiger partial charge in [0.15, 0.2) is 0 Å². The van der Waals surface area contributed by atoms with Gasteiger partial charge in [-0.15, -0.1) is 0 Å². The molecule has 54 valence electrons. The minimum Gasteiger partial charge on any atom is -0.480 e. The van der Waals surface area contributed by atoms with Crippen LogP contribution in [0.1, 0.15) is 13.8 Å². The summed E-state index contributed by atoms with van der Waals surface area (Å²) in [6, 6.07) is 0. The minimum atomic E-state index is -1.19. The number of aliphatic carboxylic acids is 1. The Morgan fingerprint density at radius 2 is 1.67 bits per heavy atom. The van der Waals surface area contributed by atoms with Gasteiger partial charge in [-0.05, 0) is 13.8 Å². The van der Waals surface area contributed by atoms with E-state index in [9.17, 15) is 0 Å². The van der Waals surface area contributed by atoms with E-state index in [0.717, 1.165) is 0 Å². The van der Waals surface area contributed by atoms with Gasteiger partial charge >= 0.3 is 5.97 Å². The third-order valence-corrected chi connectivity index (χ3v) is 0.469. The number of carbonyl (C=O) groups is 1. The van der Waals surface area contributed by atoms with E-state index in [4.69, 9.17) is 15.0 Å². The Hall–Kier alpha value is -0.830. The summed E-state index contributed by atoms with van der Waals surface area (Å²) in [5.74, 6) is -1.19. The van der Waals surface area contributed by atoms with E-state index < -0.39 is 12.6 Å². The van der Waals surface area contributed by atoms with Gasteiger partial charge in [0.1, 0.15) is 6.61 Å². The van der Waals surface area contributed by atoms with Crippen LogP contribution in [-0.2, 0) is 4.79 Å². The summed E-state index contributed by atoms with van der Waals surface area (Å²) in [5, 5.41) is 15.0. The van der Waals surface area contributed by atoms with Crippen LogP contribution in [0.3, 0.4) is 0 Å². The van der Waals surface area contributed by atoms with Crippen LogP contribution >= 0.6 is 0 Å². The molecule has 3 heteroatoms. The average Bonchev–Trinajstić information content (AvgIpc) is 1.89. The molecule has 0 radical (unpaired) electrons. The van der Waals surface area contributed by atoms with Gasteiger partial charge in [0.2, 0.25) is 0 Å². The quantitative estimate of drug-likeness (QED) is 0.515. The fourth-order valence-corrected chi connectivity index (χ4v) is 0. The summed E-state index contributed by atoms with van der Waals surface area (Å²) in [7, 11) is 0. The monoisotopic (exact) mass is 132 g/mol. The molecule has 0 aliphatic carbocycles. The lowest BCUT2D eigenvalue weighted by Crippen LogP contribution is -1.98. The molecule has 0 saturated carbocycles. The van der Waals surface area contributed by atoms with Crippen LogP contribution < -0.4 is 0 Å². The van der Waals surface area contributed by atoms with Gasteiger partial charge in [-0.2, -0.15) is 0 Å². The molecule has 0 spiro atoms. The Labute approximate surface area is 54.6 Å². The first-order valence-corrected chi connectivity index (χ1v) is 2.59. The standard InChI is InChI=1S/C4H8.C2H4O3/c1-3-4-2;3-1-2(4)5/h3-4H,1-2H3;3H,1H2,(H,4,5). The molecule has 0 heterocycles. The number of aliphatic hydroxyl groups excluding tert-OH is 1. The van der Waals surface area contributed by atoms with E-state index in [1.54, 1.807) is 0 Å². The summed E-state index contributed by atoms with van der Waals surface area (Å²) < 4.78 is 0. The second kappa shape index (κ2) is 10.2. The van der Waals surface area contributed by atoms with Crippen LogP contribution in [0.25, 0.3) is 0 Å². The maximum Gasteiger partial charge on any atom is 0.329 e. The highest BCUT2D eigenvalue weighted by atomic mass is 16.4. The van der Waals surface area contributed by atoms with E-state index >= 15 is 0 Å². The predicted octanol–water partition coefficient (Wildman–Crippen LogP) is 0.646. The zero-order valence-corrected chi connectivity index (χ0v) is 5.66. The molecule has 0 aromatic heterocycles. The second-order valence-corrected chi connectivity index (χ2v) is 1.22. The molecule has 0 aliphatic heterocycles. The van der Waals surface area contributed by atoms with Gasteiger partial charge in [-0.1, -0.05) is 12.2 Å². The first kappa shape index (κ1) is 11.0. The van der Waals surface area contributed by atoms with Crippen molar-refractivity contribution in [2.75, 3.05) is 6.61 Å². The van der Waals surface area contributed by atoms with Gasteiger partial charge in [-0.25, -0.2) is 4.79 Å². The molecule has 0 amide bonds. The van der Waals surface area contributed by atoms with Crippen molar-refractivity contribution in [1.29, 1.82) is 0 Å². The van der Waals surface area contributed by atoms with Crippen molar-refractivity contribution in [3.63, 3.8) is 0 Å². The van der Waals surface area contributed by atoms with Gasteiger partial charge in [0.25, 0.3) is 0 Å². The lowest BCUT2D eigenvalue weighted by Gasteiger charge is -1.72. The van der Waals surface area contributed by atoms with Crippen molar-refractivity contribution >= 4 is 5.97 Å². The van der Waals surface area contributed by atoms with E-state index in [1.165, 1.54) is 0 Å². The highest BCUT2D eigenvalue weighted by Crippen LogP contribution is 1.57. The Balaban J connectivity index is 0. The molecule has 0 atom stereocenters. The number of carboxylic acids is 1. The zero-order chi connectivity index (χ0) is 7.70. The smallest absolute Gasteiger partial charge is 0.329 e. The summed E-state index contributed by atoms with van der Waals surface area (Å²) in [4.78, 5) is 9.12. The Kier molecular flexibility index (Phi) is 12.5. The molecule has 3 nitrogen and oxygen atoms in total. The lowest BCUT2D eigenvalue weighted by molar-refractivity contribution is -0.140. The highest BCUT2D eigenvalue weighted by molar-refractivity contribution is 5.67. The van der Waals surface area contributed by atoms with Gasteiger partial charge in [0, 0.05) is 0 Å². The number of aliphatic hydroxyl groups is 1. The first-order valence-electron chi connectivity index (χ1n) is 2.59. The van der Waals surface area contributed by atoms with E-state index in [0.29, 0.717) is 0 Å². The summed E-state index contributed by atoms with van der Waals surface area (Å²) in [5.41, 5.74) is 0. The number of rotatable bonds is 1. The first-order chi connectivity index (χ1) is 4.18. The second-order valence-electron chi connectivity index (χ2n) is 1.22. The molecule has 0 fully saturated rings. The van der Waals surface area contributed by atoms with Gasteiger partial charge in [0.05, 0.1) is 0 Å². The zero-order valence-electron chi connectivity index (χ0n) is 5.66. The third-order valence-electron chi connectivity index (χ3n) is 0.469. The number of hydrogen-bond acceptors (Lipinski definition) is 2. The van der Waals surface area contributed by atoms with Gasteiger partial charge in [-0.3, -0.25) is 0 Å². The SMILES string of the molecule is CC=CC.O=C(O)CO. The fourth-order valence-electron chi connectivity index (χ4n) is 0. The molecule has 0 unspecified atom stereocenters. The Morgan fingerprint density at radius 1 is 1.44 bits per heavy atom. The van der Waals surface area contributed by atoms with Crippen LogP contribution in [0.4, 0.5) is 0 Å². The van der Waals surface area contributed by atoms with E-state index in [-0.39, 0.29) is 0 Å². The lowest BCUT2D eigenvalue weighted by atomic mass is 10.6. The minimum absolute atomic E-state index is 0.778. The Bertz CT molecular complexity index is 82.3. The van der Waals surface area contributed by atoms with Crippen LogP contribution in [0.5, 0.6) is 0 Å². The van der Waals surface area contributed by atoms with E-state index in [2.05, 4.69) is 0 Å². The van der Waals surface area contributed by atoms with Crippen LogP contribution in [0, 0.1) is 0 Å². The van der Waals surface area contributed by atoms with Crippen LogP contribution in [-0.4, -0.2) is 22.8 Å². The van der Waals surface area contributed by atoms with Crippen LogP contribution in [0.15, 0.2) is 12.2 Å². The molecular weight excluding hydrogens is 120 g/mol. The molecular formula is C6H12O3. The average molecular weight is 132 g/mol.